The van der Waals surface area contributed by atoms with Crippen molar-refractivity contribution in [3.63, 3.8) is 0 Å². The lowest BCUT2D eigenvalue weighted by Crippen LogP contribution is -2.52. The molecule has 1 atom stereocenters. The maximum atomic E-state index is 14.1. The third-order valence-electron chi connectivity index (χ3n) is 6.95. The van der Waals surface area contributed by atoms with E-state index >= 15 is 0 Å². The van der Waals surface area contributed by atoms with Gasteiger partial charge < -0.3 is 19.7 Å². The number of carbonyl (C=O) groups excluding carboxylic acids is 2. The predicted octanol–water partition coefficient (Wildman–Crippen LogP) is 4.85. The van der Waals surface area contributed by atoms with Crippen LogP contribution in [0.2, 0.25) is 0 Å². The Morgan fingerprint density at radius 1 is 0.857 bits per heavy atom. The predicted molar refractivity (Wildman–Crippen MR) is 164 cm³/mol. The first-order chi connectivity index (χ1) is 20.0. The molecule has 226 valence electrons. The van der Waals surface area contributed by atoms with Gasteiger partial charge in [0.15, 0.2) is 11.5 Å². The number of sulfonamides is 1. The van der Waals surface area contributed by atoms with Crippen molar-refractivity contribution in [2.24, 2.45) is 0 Å². The normalized spacial score (nSPS) is 11.9. The summed E-state index contributed by atoms with van der Waals surface area (Å²) in [5.41, 5.74) is 3.16. The summed E-state index contributed by atoms with van der Waals surface area (Å²) in [5, 5.41) is 2.89. The Hall–Kier alpha value is -4.05. The summed E-state index contributed by atoms with van der Waals surface area (Å²) in [6.45, 7) is 7.77. The highest BCUT2D eigenvalue weighted by Gasteiger charge is 2.34. The van der Waals surface area contributed by atoms with Gasteiger partial charge in [-0.2, -0.15) is 0 Å². The van der Waals surface area contributed by atoms with Crippen LogP contribution in [-0.2, 0) is 26.2 Å². The van der Waals surface area contributed by atoms with Crippen molar-refractivity contribution >= 4 is 27.5 Å². The fourth-order valence-electron chi connectivity index (χ4n) is 4.52. The third kappa shape index (κ3) is 7.82. The number of aryl methyl sites for hydroxylation is 2. The summed E-state index contributed by atoms with van der Waals surface area (Å²) in [4.78, 5) is 28.8. The minimum Gasteiger partial charge on any atom is -0.493 e. The number of nitrogens with one attached hydrogen (secondary N) is 1. The molecule has 0 radical (unpaired) electrons. The number of benzene rings is 3. The summed E-state index contributed by atoms with van der Waals surface area (Å²) >= 11 is 0. The highest BCUT2D eigenvalue weighted by atomic mass is 32.2. The third-order valence-corrected chi connectivity index (χ3v) is 8.72. The van der Waals surface area contributed by atoms with Gasteiger partial charge >= 0.3 is 0 Å². The van der Waals surface area contributed by atoms with Crippen LogP contribution in [0.15, 0.2) is 71.6 Å². The monoisotopic (exact) mass is 595 g/mol. The van der Waals surface area contributed by atoms with E-state index in [1.807, 2.05) is 52.0 Å². The molecule has 0 aromatic heterocycles. The number of hydrogen-bond acceptors (Lipinski definition) is 6. The smallest absolute Gasteiger partial charge is 0.264 e. The van der Waals surface area contributed by atoms with Crippen molar-refractivity contribution in [2.75, 3.05) is 31.6 Å². The number of ether oxygens (including phenoxy) is 2. The molecule has 0 heterocycles. The van der Waals surface area contributed by atoms with Crippen LogP contribution in [0.4, 0.5) is 5.69 Å². The fourth-order valence-corrected chi connectivity index (χ4v) is 5.95. The topological polar surface area (TPSA) is 105 Å². The summed E-state index contributed by atoms with van der Waals surface area (Å²) in [7, 11) is -1.36. The molecule has 0 bridgehead atoms. The lowest BCUT2D eigenvalue weighted by Gasteiger charge is -2.33. The minimum absolute atomic E-state index is 0.0636. The molecular formula is C32H41N3O6S. The van der Waals surface area contributed by atoms with Gasteiger partial charge in [-0.15, -0.1) is 0 Å². The van der Waals surface area contributed by atoms with Gasteiger partial charge in [0.1, 0.15) is 12.6 Å². The number of rotatable bonds is 14. The van der Waals surface area contributed by atoms with E-state index in [1.54, 1.807) is 24.3 Å². The van der Waals surface area contributed by atoms with Crippen molar-refractivity contribution in [2.45, 2.75) is 58.0 Å². The van der Waals surface area contributed by atoms with Crippen LogP contribution >= 0.6 is 0 Å². The number of methoxy groups -OCH3 is 2. The molecule has 0 fully saturated rings. The maximum Gasteiger partial charge on any atom is 0.264 e. The maximum absolute atomic E-state index is 14.1. The summed E-state index contributed by atoms with van der Waals surface area (Å²) in [6.07, 6.45) is 1.11. The molecule has 0 saturated heterocycles. The first kappa shape index (κ1) is 32.5. The first-order valence-electron chi connectivity index (χ1n) is 14.0. The van der Waals surface area contributed by atoms with E-state index in [0.717, 1.165) is 27.4 Å². The van der Waals surface area contributed by atoms with Crippen molar-refractivity contribution in [1.82, 2.24) is 10.2 Å². The van der Waals surface area contributed by atoms with Crippen LogP contribution < -0.4 is 19.1 Å². The number of anilines is 1. The highest BCUT2D eigenvalue weighted by Crippen LogP contribution is 2.32. The van der Waals surface area contributed by atoms with Gasteiger partial charge in [-0.05, 0) is 56.5 Å². The van der Waals surface area contributed by atoms with Crippen molar-refractivity contribution < 1.29 is 27.5 Å². The van der Waals surface area contributed by atoms with Gasteiger partial charge in [0.05, 0.1) is 24.8 Å². The second kappa shape index (κ2) is 14.7. The molecule has 2 amide bonds. The van der Waals surface area contributed by atoms with Gasteiger partial charge in [0.2, 0.25) is 11.8 Å². The van der Waals surface area contributed by atoms with Crippen molar-refractivity contribution in [1.29, 1.82) is 0 Å². The number of carbonyl (C=O) groups is 2. The second-order valence-electron chi connectivity index (χ2n) is 10.1. The number of hydrogen-bond donors (Lipinski definition) is 1. The molecule has 1 N–H and O–H groups in total. The molecule has 10 heteroatoms. The Kier molecular flexibility index (Phi) is 11.4. The van der Waals surface area contributed by atoms with E-state index < -0.39 is 28.5 Å². The zero-order valence-corrected chi connectivity index (χ0v) is 26.0. The second-order valence-corrected chi connectivity index (χ2v) is 11.9. The van der Waals surface area contributed by atoms with Gasteiger partial charge in [-0.1, -0.05) is 61.4 Å². The van der Waals surface area contributed by atoms with E-state index in [9.17, 15) is 18.0 Å². The van der Waals surface area contributed by atoms with E-state index in [4.69, 9.17) is 9.47 Å². The zero-order chi connectivity index (χ0) is 30.9. The molecule has 0 saturated carbocycles. The van der Waals surface area contributed by atoms with Crippen LogP contribution in [0.25, 0.3) is 0 Å². The lowest BCUT2D eigenvalue weighted by atomic mass is 10.1. The van der Waals surface area contributed by atoms with Gasteiger partial charge in [-0.3, -0.25) is 13.9 Å². The largest absolute Gasteiger partial charge is 0.493 e. The Morgan fingerprint density at radius 2 is 1.45 bits per heavy atom. The average molecular weight is 596 g/mol. The number of nitrogens with zero attached hydrogens (tertiary/aromatic N) is 2. The molecule has 3 aromatic rings. The molecule has 0 spiro atoms. The van der Waals surface area contributed by atoms with E-state index in [1.165, 1.54) is 37.3 Å². The Labute approximate surface area is 249 Å². The van der Waals surface area contributed by atoms with Crippen molar-refractivity contribution in [3.05, 3.63) is 83.4 Å². The van der Waals surface area contributed by atoms with Crippen LogP contribution in [0.3, 0.4) is 0 Å². The van der Waals surface area contributed by atoms with Gasteiger partial charge in [-0.25, -0.2) is 8.42 Å². The molecule has 0 unspecified atom stereocenters. The first-order valence-corrected chi connectivity index (χ1v) is 15.4. The van der Waals surface area contributed by atoms with Gasteiger partial charge in [0, 0.05) is 19.2 Å². The molecular weight excluding hydrogens is 554 g/mol. The summed E-state index contributed by atoms with van der Waals surface area (Å²) in [6, 6.07) is 18.1. The summed E-state index contributed by atoms with van der Waals surface area (Å²) in [5.74, 6) is -0.154. The Bertz CT molecular complexity index is 1460. The average Bonchev–Trinajstić information content (AvgIpc) is 2.99. The highest BCUT2D eigenvalue weighted by molar-refractivity contribution is 7.92. The molecule has 9 nitrogen and oxygen atoms in total. The Balaban J connectivity index is 2.08. The number of amides is 2. The van der Waals surface area contributed by atoms with Crippen LogP contribution in [0.5, 0.6) is 11.5 Å². The quantitative estimate of drug-likeness (QED) is 0.286. The van der Waals surface area contributed by atoms with Crippen LogP contribution in [0.1, 0.15) is 43.4 Å². The molecule has 0 aliphatic rings. The van der Waals surface area contributed by atoms with E-state index in [0.29, 0.717) is 24.4 Å². The van der Waals surface area contributed by atoms with E-state index in [2.05, 4.69) is 5.32 Å². The molecule has 42 heavy (non-hydrogen) atoms. The molecule has 0 aliphatic heterocycles. The Morgan fingerprint density at radius 3 is 2.00 bits per heavy atom. The molecule has 0 aliphatic carbocycles. The van der Waals surface area contributed by atoms with Crippen molar-refractivity contribution in [3.8, 4) is 11.5 Å². The zero-order valence-electron chi connectivity index (χ0n) is 25.2. The SMILES string of the molecule is CCCNC(=O)[C@H](CC)N(Cc1ccc(C)cc1)C(=O)CN(c1ccc(C)cc1)S(=O)(=O)c1ccc(OC)c(OC)c1. The lowest BCUT2D eigenvalue weighted by molar-refractivity contribution is -0.140. The minimum atomic E-state index is -4.25. The van der Waals surface area contributed by atoms with Crippen LogP contribution in [0, 0.1) is 13.8 Å². The van der Waals surface area contributed by atoms with E-state index in [-0.39, 0.29) is 23.1 Å². The van der Waals surface area contributed by atoms with Gasteiger partial charge in [0.25, 0.3) is 10.0 Å². The fraction of sp³-hybridized carbons (Fsp3) is 0.375. The standard InChI is InChI=1S/C32H41N3O6S/c1-7-19-33-32(37)28(8-2)34(21-25-13-9-23(3)10-14-25)31(36)22-35(26-15-11-24(4)12-16-26)42(38,39)27-17-18-29(40-5)30(20-27)41-6/h9-18,20,28H,7-8,19,21-22H2,1-6H3,(H,33,37)/t28-/m0/s1. The summed E-state index contributed by atoms with van der Waals surface area (Å²) < 4.78 is 40.0. The van der Waals surface area contributed by atoms with Crippen LogP contribution in [-0.4, -0.2) is 58.5 Å². The molecule has 3 aromatic carbocycles. The molecule has 3 rings (SSSR count).